The number of anilines is 1. The van der Waals surface area contributed by atoms with Crippen molar-refractivity contribution in [2.75, 3.05) is 5.32 Å². The largest absolute Gasteiger partial charge is 0.370 e. The predicted molar refractivity (Wildman–Crippen MR) is 73.4 cm³/mol. The molecule has 0 saturated carbocycles. The van der Waals surface area contributed by atoms with Crippen molar-refractivity contribution in [3.8, 4) is 0 Å². The summed E-state index contributed by atoms with van der Waals surface area (Å²) in [7, 11) is 0. The van der Waals surface area contributed by atoms with Crippen molar-refractivity contribution >= 4 is 23.2 Å². The molecule has 0 spiro atoms. The number of rotatable bonds is 4. The van der Waals surface area contributed by atoms with E-state index in [0.717, 1.165) is 0 Å². The third-order valence-corrected chi connectivity index (χ3v) is 3.04. The SMILES string of the molecule is NC(=O)C(Nc1cccc(F)c1)c1c(F)cccc1Cl. The molecule has 2 rings (SSSR count). The Bertz CT molecular complexity index is 629. The summed E-state index contributed by atoms with van der Waals surface area (Å²) >= 11 is 5.90. The number of carbonyl (C=O) groups is 1. The standard InChI is InChI=1S/C14H11ClF2N2O/c15-10-5-2-6-11(17)12(10)13(14(18)20)19-9-4-1-3-8(16)7-9/h1-7,13,19H,(H2,18,20). The minimum Gasteiger partial charge on any atom is -0.370 e. The average Bonchev–Trinajstić information content (AvgIpc) is 2.37. The maximum Gasteiger partial charge on any atom is 0.244 e. The minimum absolute atomic E-state index is 0.0640. The number of halogens is 3. The lowest BCUT2D eigenvalue weighted by Crippen LogP contribution is -2.28. The summed E-state index contributed by atoms with van der Waals surface area (Å²) in [5.74, 6) is -1.97. The maximum atomic E-state index is 13.8. The van der Waals surface area contributed by atoms with Crippen LogP contribution in [0.15, 0.2) is 42.5 Å². The molecule has 0 aliphatic rings. The van der Waals surface area contributed by atoms with E-state index < -0.39 is 23.6 Å². The second-order valence-electron chi connectivity index (χ2n) is 4.13. The summed E-state index contributed by atoms with van der Waals surface area (Å²) in [4.78, 5) is 11.5. The molecule has 0 aliphatic heterocycles. The highest BCUT2D eigenvalue weighted by atomic mass is 35.5. The molecule has 0 bridgehead atoms. The number of amides is 1. The van der Waals surface area contributed by atoms with Crippen molar-refractivity contribution in [1.29, 1.82) is 0 Å². The van der Waals surface area contributed by atoms with Gasteiger partial charge in [0.2, 0.25) is 5.91 Å². The van der Waals surface area contributed by atoms with Crippen LogP contribution in [-0.4, -0.2) is 5.91 Å². The fourth-order valence-corrected chi connectivity index (χ4v) is 2.09. The highest BCUT2D eigenvalue weighted by molar-refractivity contribution is 6.31. The molecule has 3 nitrogen and oxygen atoms in total. The highest BCUT2D eigenvalue weighted by Gasteiger charge is 2.24. The Balaban J connectivity index is 2.40. The van der Waals surface area contributed by atoms with Crippen LogP contribution >= 0.6 is 11.6 Å². The van der Waals surface area contributed by atoms with Gasteiger partial charge in [-0.05, 0) is 30.3 Å². The van der Waals surface area contributed by atoms with E-state index in [9.17, 15) is 13.6 Å². The molecule has 0 saturated heterocycles. The van der Waals surface area contributed by atoms with Crippen LogP contribution in [-0.2, 0) is 4.79 Å². The van der Waals surface area contributed by atoms with Crippen molar-refractivity contribution in [2.24, 2.45) is 5.73 Å². The van der Waals surface area contributed by atoms with Crippen LogP contribution in [0.3, 0.4) is 0 Å². The van der Waals surface area contributed by atoms with Gasteiger partial charge in [-0.25, -0.2) is 8.78 Å². The van der Waals surface area contributed by atoms with Gasteiger partial charge in [0, 0.05) is 16.3 Å². The zero-order chi connectivity index (χ0) is 14.7. The third-order valence-electron chi connectivity index (χ3n) is 2.71. The molecule has 2 aromatic carbocycles. The number of hydrogen-bond donors (Lipinski definition) is 2. The second-order valence-corrected chi connectivity index (χ2v) is 4.53. The van der Waals surface area contributed by atoms with Gasteiger partial charge in [-0.3, -0.25) is 4.79 Å². The van der Waals surface area contributed by atoms with E-state index in [1.807, 2.05) is 0 Å². The fraction of sp³-hybridized carbons (Fsp3) is 0.0714. The van der Waals surface area contributed by atoms with Gasteiger partial charge in [0.05, 0.1) is 0 Å². The maximum absolute atomic E-state index is 13.8. The van der Waals surface area contributed by atoms with Crippen LogP contribution in [0, 0.1) is 11.6 Å². The first-order valence-corrected chi connectivity index (χ1v) is 6.12. The van der Waals surface area contributed by atoms with Crippen molar-refractivity contribution in [3.63, 3.8) is 0 Å². The van der Waals surface area contributed by atoms with Crippen molar-refractivity contribution in [1.82, 2.24) is 0 Å². The Morgan fingerprint density at radius 1 is 1.20 bits per heavy atom. The van der Waals surface area contributed by atoms with E-state index in [4.69, 9.17) is 17.3 Å². The number of nitrogens with one attached hydrogen (secondary N) is 1. The highest BCUT2D eigenvalue weighted by Crippen LogP contribution is 2.28. The molecule has 6 heteroatoms. The molecular formula is C14H11ClF2N2O. The van der Waals surface area contributed by atoms with Crippen molar-refractivity contribution < 1.29 is 13.6 Å². The Hall–Kier alpha value is -2.14. The molecule has 1 atom stereocenters. The van der Waals surface area contributed by atoms with Gasteiger partial charge in [-0.15, -0.1) is 0 Å². The van der Waals surface area contributed by atoms with E-state index in [-0.39, 0.29) is 10.6 Å². The van der Waals surface area contributed by atoms with Gasteiger partial charge in [0.25, 0.3) is 0 Å². The van der Waals surface area contributed by atoms with E-state index in [1.54, 1.807) is 0 Å². The zero-order valence-corrected chi connectivity index (χ0v) is 11.0. The van der Waals surface area contributed by atoms with Gasteiger partial charge >= 0.3 is 0 Å². The number of primary amides is 1. The third kappa shape index (κ3) is 3.05. The smallest absolute Gasteiger partial charge is 0.244 e. The molecule has 1 amide bonds. The molecule has 0 fully saturated rings. The van der Waals surface area contributed by atoms with Crippen LogP contribution < -0.4 is 11.1 Å². The summed E-state index contributed by atoms with van der Waals surface area (Å²) in [6, 6.07) is 8.26. The Morgan fingerprint density at radius 3 is 2.50 bits per heavy atom. The Labute approximate surface area is 119 Å². The zero-order valence-electron chi connectivity index (χ0n) is 10.2. The van der Waals surface area contributed by atoms with Gasteiger partial charge in [0.15, 0.2) is 0 Å². The second kappa shape index (κ2) is 5.88. The van der Waals surface area contributed by atoms with Crippen LogP contribution in [0.25, 0.3) is 0 Å². The predicted octanol–water partition coefficient (Wildman–Crippen LogP) is 3.26. The summed E-state index contributed by atoms with van der Waals surface area (Å²) < 4.78 is 27.0. The molecule has 0 aliphatic carbocycles. The number of benzene rings is 2. The normalized spacial score (nSPS) is 11.9. The molecule has 2 aromatic rings. The van der Waals surface area contributed by atoms with Crippen molar-refractivity contribution in [2.45, 2.75) is 6.04 Å². The van der Waals surface area contributed by atoms with Crippen LogP contribution in [0.2, 0.25) is 5.02 Å². The summed E-state index contributed by atoms with van der Waals surface area (Å²) in [6.07, 6.45) is 0. The molecule has 0 aromatic heterocycles. The van der Waals surface area contributed by atoms with Gasteiger partial charge in [0.1, 0.15) is 17.7 Å². The lowest BCUT2D eigenvalue weighted by Gasteiger charge is -2.19. The van der Waals surface area contributed by atoms with E-state index in [0.29, 0.717) is 5.69 Å². The first-order valence-electron chi connectivity index (χ1n) is 5.74. The Morgan fingerprint density at radius 2 is 1.90 bits per heavy atom. The monoisotopic (exact) mass is 296 g/mol. The van der Waals surface area contributed by atoms with Crippen LogP contribution in [0.4, 0.5) is 14.5 Å². The topological polar surface area (TPSA) is 55.1 Å². The van der Waals surface area contributed by atoms with E-state index >= 15 is 0 Å². The number of hydrogen-bond acceptors (Lipinski definition) is 2. The molecular weight excluding hydrogens is 286 g/mol. The van der Waals surface area contributed by atoms with Crippen molar-refractivity contribution in [3.05, 3.63) is 64.7 Å². The Kier molecular flexibility index (Phi) is 4.20. The molecule has 0 radical (unpaired) electrons. The lowest BCUT2D eigenvalue weighted by molar-refractivity contribution is -0.118. The minimum atomic E-state index is -1.19. The molecule has 20 heavy (non-hydrogen) atoms. The van der Waals surface area contributed by atoms with Crippen LogP contribution in [0.1, 0.15) is 11.6 Å². The summed E-state index contributed by atoms with van der Waals surface area (Å²) in [6.45, 7) is 0. The van der Waals surface area contributed by atoms with Gasteiger partial charge in [-0.2, -0.15) is 0 Å². The quantitative estimate of drug-likeness (QED) is 0.910. The molecule has 104 valence electrons. The molecule has 3 N–H and O–H groups in total. The summed E-state index contributed by atoms with van der Waals surface area (Å²) in [5, 5.41) is 2.75. The number of carbonyl (C=O) groups excluding carboxylic acids is 1. The lowest BCUT2D eigenvalue weighted by atomic mass is 10.0. The van der Waals surface area contributed by atoms with Gasteiger partial charge in [-0.1, -0.05) is 23.7 Å². The van der Waals surface area contributed by atoms with E-state index in [2.05, 4.69) is 5.32 Å². The summed E-state index contributed by atoms with van der Waals surface area (Å²) in [5.41, 5.74) is 5.51. The van der Waals surface area contributed by atoms with E-state index in [1.165, 1.54) is 42.5 Å². The average molecular weight is 297 g/mol. The molecule has 0 heterocycles. The first kappa shape index (κ1) is 14.3. The fourth-order valence-electron chi connectivity index (χ4n) is 1.82. The molecule has 1 unspecified atom stereocenters. The first-order chi connectivity index (χ1) is 9.49. The number of nitrogens with two attached hydrogens (primary N) is 1. The van der Waals surface area contributed by atoms with Gasteiger partial charge < -0.3 is 11.1 Å². The van der Waals surface area contributed by atoms with Crippen LogP contribution in [0.5, 0.6) is 0 Å².